The second-order valence-corrected chi connectivity index (χ2v) is 10.7. The van der Waals surface area contributed by atoms with Crippen LogP contribution >= 0.6 is 11.8 Å². The molecular formula is C21H28N4O3S. The van der Waals surface area contributed by atoms with Crippen molar-refractivity contribution < 1.29 is 14.1 Å². The summed E-state index contributed by atoms with van der Waals surface area (Å²) in [5.74, 6) is 2.35. The Morgan fingerprint density at radius 2 is 2.07 bits per heavy atom. The second-order valence-electron chi connectivity index (χ2n) is 9.25. The van der Waals surface area contributed by atoms with Gasteiger partial charge in [-0.2, -0.15) is 4.99 Å². The number of carbonyl (C=O) groups excluding carboxylic acids is 2. The highest BCUT2D eigenvalue weighted by Crippen LogP contribution is 2.47. The summed E-state index contributed by atoms with van der Waals surface area (Å²) in [6.07, 6.45) is 6.83. The molecule has 3 fully saturated rings. The molecule has 2 aliphatic heterocycles. The Morgan fingerprint density at radius 1 is 1.28 bits per heavy atom. The predicted octanol–water partition coefficient (Wildman–Crippen LogP) is 3.00. The van der Waals surface area contributed by atoms with Gasteiger partial charge in [0.05, 0.1) is 0 Å². The summed E-state index contributed by atoms with van der Waals surface area (Å²) in [5.41, 5.74) is 0.360. The van der Waals surface area contributed by atoms with E-state index in [4.69, 9.17) is 4.52 Å². The van der Waals surface area contributed by atoms with Crippen molar-refractivity contribution in [1.82, 2.24) is 15.4 Å². The van der Waals surface area contributed by atoms with Gasteiger partial charge in [-0.05, 0) is 63.7 Å². The Bertz CT molecular complexity index is 860. The fraction of sp³-hybridized carbons (Fsp3) is 0.714. The highest BCUT2D eigenvalue weighted by Gasteiger charge is 2.49. The molecule has 1 aromatic heterocycles. The summed E-state index contributed by atoms with van der Waals surface area (Å²) in [4.78, 5) is 31.6. The number of nitrogens with one attached hydrogen (secondary N) is 1. The maximum Gasteiger partial charge on any atom is 0.276 e. The van der Waals surface area contributed by atoms with Crippen LogP contribution in [0.4, 0.5) is 0 Å². The number of amides is 2. The molecular weight excluding hydrogens is 388 g/mol. The summed E-state index contributed by atoms with van der Waals surface area (Å²) in [7, 11) is 0. The number of hydrogen-bond donors (Lipinski definition) is 1. The van der Waals surface area contributed by atoms with Crippen LogP contribution in [-0.4, -0.2) is 50.9 Å². The van der Waals surface area contributed by atoms with Gasteiger partial charge in [0.2, 0.25) is 0 Å². The number of hydrogen-bond acceptors (Lipinski definition) is 6. The zero-order valence-electron chi connectivity index (χ0n) is 17.0. The molecule has 0 spiro atoms. The van der Waals surface area contributed by atoms with Crippen LogP contribution in [0.5, 0.6) is 0 Å². The standard InChI is InChI=1S/C21H28N4O3S/c1-12-9-17(24-28-12)18(26)25-7-5-15(6-8-25)21(2)19(27)23-20(29-21)22-16-11-13-3-4-14(16)10-13/h9,13-16H,3-8,10-11H2,1-2H3,(H,22,23,27)/t13-,14+,16?,21?/m1/s1. The van der Waals surface area contributed by atoms with Crippen molar-refractivity contribution in [3.8, 4) is 0 Å². The van der Waals surface area contributed by atoms with E-state index in [0.717, 1.165) is 29.8 Å². The minimum Gasteiger partial charge on any atom is -0.361 e. The van der Waals surface area contributed by atoms with Gasteiger partial charge in [-0.3, -0.25) is 9.59 Å². The fourth-order valence-electron chi connectivity index (χ4n) is 5.63. The van der Waals surface area contributed by atoms with Gasteiger partial charge >= 0.3 is 0 Å². The average molecular weight is 417 g/mol. The number of thioether (sulfide) groups is 1. The number of amidine groups is 1. The first-order chi connectivity index (χ1) is 13.9. The minimum atomic E-state index is -0.528. The summed E-state index contributed by atoms with van der Waals surface area (Å²) in [5, 5.41) is 8.24. The molecule has 4 atom stereocenters. The Morgan fingerprint density at radius 3 is 2.69 bits per heavy atom. The molecule has 1 saturated heterocycles. The molecule has 7 nitrogen and oxygen atoms in total. The lowest BCUT2D eigenvalue weighted by Crippen LogP contribution is -2.46. The first-order valence-electron chi connectivity index (χ1n) is 10.7. The molecule has 4 aliphatic rings. The van der Waals surface area contributed by atoms with Crippen molar-refractivity contribution >= 4 is 28.7 Å². The van der Waals surface area contributed by atoms with Crippen LogP contribution in [0.2, 0.25) is 0 Å². The second kappa shape index (κ2) is 7.15. The summed E-state index contributed by atoms with van der Waals surface area (Å²) in [6.45, 7) is 5.08. The number of fused-ring (bicyclic) bond motifs is 2. The van der Waals surface area contributed by atoms with Gasteiger partial charge in [-0.15, -0.1) is 0 Å². The molecule has 2 saturated carbocycles. The molecule has 0 radical (unpaired) electrons. The Labute approximate surface area is 175 Å². The molecule has 8 heteroatoms. The van der Waals surface area contributed by atoms with E-state index in [1.165, 1.54) is 25.7 Å². The Kier molecular flexibility index (Phi) is 4.72. The van der Waals surface area contributed by atoms with Gasteiger partial charge in [-0.25, -0.2) is 0 Å². The highest BCUT2D eigenvalue weighted by molar-refractivity contribution is 8.16. The maximum atomic E-state index is 12.8. The maximum absolute atomic E-state index is 12.8. The van der Waals surface area contributed by atoms with Gasteiger partial charge in [0.15, 0.2) is 10.9 Å². The Hall–Kier alpha value is -1.83. The monoisotopic (exact) mass is 416 g/mol. The number of carbonyl (C=O) groups is 2. The lowest BCUT2D eigenvalue weighted by Gasteiger charge is -2.38. The van der Waals surface area contributed by atoms with Crippen molar-refractivity contribution in [1.29, 1.82) is 0 Å². The van der Waals surface area contributed by atoms with E-state index in [1.807, 2.05) is 11.8 Å². The SMILES string of the molecule is Cc1cc(C(=O)N2CCC(C3(C)SC(NC4C[C@@H]5CC[C@H]4C5)=NC3=O)CC2)no1. The smallest absolute Gasteiger partial charge is 0.276 e. The van der Waals surface area contributed by atoms with E-state index in [2.05, 4.69) is 15.5 Å². The van der Waals surface area contributed by atoms with E-state index in [0.29, 0.717) is 30.6 Å². The van der Waals surface area contributed by atoms with Gasteiger partial charge in [0, 0.05) is 25.2 Å². The van der Waals surface area contributed by atoms with Gasteiger partial charge in [0.1, 0.15) is 10.5 Å². The van der Waals surface area contributed by atoms with Crippen LogP contribution in [0, 0.1) is 24.7 Å². The topological polar surface area (TPSA) is 87.8 Å². The first kappa shape index (κ1) is 19.2. The molecule has 1 N–H and O–H groups in total. The number of rotatable bonds is 3. The summed E-state index contributed by atoms with van der Waals surface area (Å²) in [6, 6.07) is 2.16. The fourth-order valence-corrected chi connectivity index (χ4v) is 6.91. The number of piperidine rings is 1. The van der Waals surface area contributed by atoms with E-state index < -0.39 is 4.75 Å². The summed E-state index contributed by atoms with van der Waals surface area (Å²) >= 11 is 1.61. The molecule has 2 bridgehead atoms. The van der Waals surface area contributed by atoms with Crippen LogP contribution in [-0.2, 0) is 4.79 Å². The van der Waals surface area contributed by atoms with Crippen molar-refractivity contribution in [2.45, 2.75) is 63.2 Å². The van der Waals surface area contributed by atoms with Crippen LogP contribution in [0.15, 0.2) is 15.6 Å². The largest absolute Gasteiger partial charge is 0.361 e. The highest BCUT2D eigenvalue weighted by atomic mass is 32.2. The molecule has 3 heterocycles. The van der Waals surface area contributed by atoms with Crippen molar-refractivity contribution in [3.05, 3.63) is 17.5 Å². The third-order valence-electron chi connectivity index (χ3n) is 7.39. The number of aliphatic imine (C=N–C) groups is 1. The summed E-state index contributed by atoms with van der Waals surface area (Å²) < 4.78 is 4.50. The van der Waals surface area contributed by atoms with Gasteiger partial charge < -0.3 is 14.7 Å². The van der Waals surface area contributed by atoms with Crippen LogP contribution in [0.1, 0.15) is 61.7 Å². The molecule has 5 rings (SSSR count). The zero-order chi connectivity index (χ0) is 20.2. The average Bonchev–Trinajstić information content (AvgIpc) is 3.48. The van der Waals surface area contributed by atoms with Gasteiger partial charge in [-0.1, -0.05) is 23.3 Å². The molecule has 2 amide bonds. The molecule has 0 aromatic carbocycles. The van der Waals surface area contributed by atoms with Crippen LogP contribution in [0.3, 0.4) is 0 Å². The minimum absolute atomic E-state index is 0.0231. The number of likely N-dealkylation sites (tertiary alicyclic amines) is 1. The van der Waals surface area contributed by atoms with E-state index >= 15 is 0 Å². The lowest BCUT2D eigenvalue weighted by molar-refractivity contribution is -0.121. The number of nitrogens with zero attached hydrogens (tertiary/aromatic N) is 3. The number of aromatic nitrogens is 1. The molecule has 29 heavy (non-hydrogen) atoms. The van der Waals surface area contributed by atoms with Crippen molar-refractivity contribution in [2.24, 2.45) is 22.7 Å². The van der Waals surface area contributed by atoms with E-state index in [-0.39, 0.29) is 17.7 Å². The Balaban J connectivity index is 1.18. The molecule has 1 aromatic rings. The normalized spacial score (nSPS) is 34.7. The van der Waals surface area contributed by atoms with E-state index in [9.17, 15) is 9.59 Å². The third-order valence-corrected chi connectivity index (χ3v) is 8.73. The first-order valence-corrected chi connectivity index (χ1v) is 11.6. The van der Waals surface area contributed by atoms with Gasteiger partial charge in [0.25, 0.3) is 11.8 Å². The zero-order valence-corrected chi connectivity index (χ0v) is 17.8. The van der Waals surface area contributed by atoms with E-state index in [1.54, 1.807) is 24.8 Å². The predicted molar refractivity (Wildman–Crippen MR) is 111 cm³/mol. The molecule has 156 valence electrons. The molecule has 2 unspecified atom stereocenters. The van der Waals surface area contributed by atoms with Crippen molar-refractivity contribution in [3.63, 3.8) is 0 Å². The number of aryl methyl sites for hydroxylation is 1. The van der Waals surface area contributed by atoms with Crippen LogP contribution < -0.4 is 5.32 Å². The third kappa shape index (κ3) is 3.39. The quantitative estimate of drug-likeness (QED) is 0.815. The molecule has 2 aliphatic carbocycles. The van der Waals surface area contributed by atoms with Crippen molar-refractivity contribution in [2.75, 3.05) is 13.1 Å². The van der Waals surface area contributed by atoms with Crippen LogP contribution in [0.25, 0.3) is 0 Å². The lowest BCUT2D eigenvalue weighted by atomic mass is 9.84.